The first-order valence-electron chi connectivity index (χ1n) is 6.11. The normalized spacial score (nSPS) is 19.8. The van der Waals surface area contributed by atoms with Crippen LogP contribution < -0.4 is 4.74 Å². The Morgan fingerprint density at radius 2 is 2.56 bits per heavy atom. The van der Waals surface area contributed by atoms with Crippen molar-refractivity contribution in [2.24, 2.45) is 0 Å². The first-order valence-corrected chi connectivity index (χ1v) is 7.26. The Hall–Kier alpha value is -1.01. The van der Waals surface area contributed by atoms with Gasteiger partial charge in [0.2, 0.25) is 5.78 Å². The zero-order valence-corrected chi connectivity index (χ0v) is 11.5. The van der Waals surface area contributed by atoms with Crippen molar-refractivity contribution in [3.05, 3.63) is 11.9 Å². The van der Waals surface area contributed by atoms with E-state index in [2.05, 4.69) is 12.0 Å². The molecule has 2 heterocycles. The second-order valence-electron chi connectivity index (χ2n) is 4.08. The molecule has 1 aliphatic heterocycles. The summed E-state index contributed by atoms with van der Waals surface area (Å²) in [7, 11) is 1.56. The lowest BCUT2D eigenvalue weighted by Gasteiger charge is -2.21. The van der Waals surface area contributed by atoms with Crippen LogP contribution >= 0.6 is 11.8 Å². The summed E-state index contributed by atoms with van der Waals surface area (Å²) in [6, 6.07) is 0. The van der Waals surface area contributed by atoms with Crippen LogP contribution in [0.5, 0.6) is 5.75 Å². The summed E-state index contributed by atoms with van der Waals surface area (Å²) in [5.74, 6) is 2.17. The summed E-state index contributed by atoms with van der Waals surface area (Å²) in [6.07, 6.45) is 2.15. The van der Waals surface area contributed by atoms with E-state index in [4.69, 9.17) is 9.47 Å². The van der Waals surface area contributed by atoms with E-state index in [0.717, 1.165) is 12.2 Å². The molecule has 1 aromatic rings. The monoisotopic (exact) mass is 270 g/mol. The minimum Gasteiger partial charge on any atom is -0.493 e. The van der Waals surface area contributed by atoms with Gasteiger partial charge in [-0.1, -0.05) is 6.92 Å². The lowest BCUT2D eigenvalue weighted by molar-refractivity contribution is 0.0506. The molecule has 6 heteroatoms. The van der Waals surface area contributed by atoms with Crippen LogP contribution in [0.25, 0.3) is 0 Å². The van der Waals surface area contributed by atoms with Crippen molar-refractivity contribution in [3.63, 3.8) is 0 Å². The van der Waals surface area contributed by atoms with Gasteiger partial charge in [-0.05, 0) is 6.42 Å². The summed E-state index contributed by atoms with van der Waals surface area (Å²) < 4.78 is 12.5. The fraction of sp³-hybridized carbons (Fsp3) is 0.667. The number of carbonyl (C=O) groups is 1. The van der Waals surface area contributed by atoms with Crippen LogP contribution in [0.2, 0.25) is 0 Å². The van der Waals surface area contributed by atoms with E-state index in [9.17, 15) is 4.79 Å². The van der Waals surface area contributed by atoms with Gasteiger partial charge in [0.1, 0.15) is 11.8 Å². The molecule has 1 fully saturated rings. The van der Waals surface area contributed by atoms with Gasteiger partial charge < -0.3 is 9.47 Å². The van der Waals surface area contributed by atoms with Crippen molar-refractivity contribution in [1.82, 2.24) is 9.78 Å². The van der Waals surface area contributed by atoms with Crippen LogP contribution in [-0.4, -0.2) is 46.9 Å². The Morgan fingerprint density at radius 1 is 1.72 bits per heavy atom. The summed E-state index contributed by atoms with van der Waals surface area (Å²) in [6.45, 7) is 3.39. The molecule has 1 aliphatic rings. The topological polar surface area (TPSA) is 53.4 Å². The summed E-state index contributed by atoms with van der Waals surface area (Å²) >= 11 is 1.74. The van der Waals surface area contributed by atoms with Gasteiger partial charge in [-0.15, -0.1) is 0 Å². The Balaban J connectivity index is 2.23. The number of nitrogens with zero attached hydrogens (tertiary/aromatic N) is 2. The van der Waals surface area contributed by atoms with Gasteiger partial charge >= 0.3 is 0 Å². The molecule has 1 aromatic heterocycles. The van der Waals surface area contributed by atoms with E-state index in [1.54, 1.807) is 29.8 Å². The minimum atomic E-state index is -0.370. The first kappa shape index (κ1) is 13.4. The molecule has 1 unspecified atom stereocenters. The predicted octanol–water partition coefficient (Wildman–Crippen LogP) is 1.62. The highest BCUT2D eigenvalue weighted by Gasteiger charge is 2.29. The number of ketones is 1. The smallest absolute Gasteiger partial charge is 0.214 e. The molecule has 1 atom stereocenters. The van der Waals surface area contributed by atoms with Crippen molar-refractivity contribution in [3.8, 4) is 5.75 Å². The van der Waals surface area contributed by atoms with Crippen molar-refractivity contribution in [2.75, 3.05) is 25.2 Å². The van der Waals surface area contributed by atoms with Gasteiger partial charge in [-0.3, -0.25) is 9.48 Å². The molecule has 18 heavy (non-hydrogen) atoms. The third kappa shape index (κ3) is 2.70. The van der Waals surface area contributed by atoms with Crippen LogP contribution in [0.3, 0.4) is 0 Å². The van der Waals surface area contributed by atoms with Crippen molar-refractivity contribution >= 4 is 17.5 Å². The molecule has 0 aromatic carbocycles. The second kappa shape index (κ2) is 6.24. The number of methoxy groups -OCH3 is 1. The van der Waals surface area contributed by atoms with Crippen LogP contribution in [0.4, 0.5) is 0 Å². The van der Waals surface area contributed by atoms with Crippen LogP contribution in [0.1, 0.15) is 23.8 Å². The summed E-state index contributed by atoms with van der Waals surface area (Å²) in [5, 5.41) is 4.20. The second-order valence-corrected chi connectivity index (χ2v) is 5.23. The number of aromatic nitrogens is 2. The van der Waals surface area contributed by atoms with Gasteiger partial charge in [0.05, 0.1) is 19.9 Å². The van der Waals surface area contributed by atoms with E-state index in [1.807, 2.05) is 0 Å². The molecule has 0 saturated carbocycles. The SMILES string of the molecule is CCCn1ncc(OC)c1C(=O)C1CSCCO1. The molecule has 0 N–H and O–H groups in total. The van der Waals surface area contributed by atoms with E-state index in [-0.39, 0.29) is 11.9 Å². The number of Topliss-reactive ketones (excluding diaryl/α,β-unsaturated/α-hetero) is 1. The predicted molar refractivity (Wildman–Crippen MR) is 70.5 cm³/mol. The average molecular weight is 270 g/mol. The Morgan fingerprint density at radius 3 is 3.17 bits per heavy atom. The van der Waals surface area contributed by atoms with Crippen LogP contribution in [-0.2, 0) is 11.3 Å². The molecular formula is C12H18N2O3S. The Kier molecular flexibility index (Phi) is 4.66. The van der Waals surface area contributed by atoms with Gasteiger partial charge in [0.25, 0.3) is 0 Å². The zero-order chi connectivity index (χ0) is 13.0. The fourth-order valence-electron chi connectivity index (χ4n) is 1.94. The highest BCUT2D eigenvalue weighted by atomic mass is 32.2. The number of aryl methyl sites for hydroxylation is 1. The van der Waals surface area contributed by atoms with E-state index in [0.29, 0.717) is 30.3 Å². The Labute approximate surface area is 111 Å². The summed E-state index contributed by atoms with van der Waals surface area (Å²) in [5.41, 5.74) is 0.534. The van der Waals surface area contributed by atoms with Crippen molar-refractivity contribution < 1.29 is 14.3 Å². The molecule has 1 saturated heterocycles. The number of hydrogen-bond acceptors (Lipinski definition) is 5. The molecule has 0 radical (unpaired) electrons. The van der Waals surface area contributed by atoms with Gasteiger partial charge in [-0.25, -0.2) is 0 Å². The van der Waals surface area contributed by atoms with Crippen molar-refractivity contribution in [1.29, 1.82) is 0 Å². The average Bonchev–Trinajstić information content (AvgIpc) is 2.82. The van der Waals surface area contributed by atoms with E-state index < -0.39 is 0 Å². The van der Waals surface area contributed by atoms with E-state index >= 15 is 0 Å². The van der Waals surface area contributed by atoms with Crippen molar-refractivity contribution in [2.45, 2.75) is 26.0 Å². The van der Waals surface area contributed by atoms with Gasteiger partial charge in [0.15, 0.2) is 5.75 Å². The molecular weight excluding hydrogens is 252 g/mol. The molecule has 2 rings (SSSR count). The fourth-order valence-corrected chi connectivity index (χ4v) is 2.78. The van der Waals surface area contributed by atoms with Gasteiger partial charge in [-0.2, -0.15) is 16.9 Å². The van der Waals surface area contributed by atoms with Crippen LogP contribution in [0.15, 0.2) is 6.20 Å². The molecule has 100 valence electrons. The first-order chi connectivity index (χ1) is 8.77. The lowest BCUT2D eigenvalue weighted by Crippen LogP contribution is -2.33. The Bertz CT molecular complexity index is 413. The minimum absolute atomic E-state index is 0.0231. The quantitative estimate of drug-likeness (QED) is 0.761. The number of ether oxygens (including phenoxy) is 2. The molecule has 0 bridgehead atoms. The standard InChI is InChI=1S/C12H18N2O3S/c1-3-4-14-11(9(16-2)7-13-14)12(15)10-8-18-6-5-17-10/h7,10H,3-6,8H2,1-2H3. The molecule has 0 aliphatic carbocycles. The summed E-state index contributed by atoms with van der Waals surface area (Å²) in [4.78, 5) is 12.5. The lowest BCUT2D eigenvalue weighted by atomic mass is 10.1. The number of carbonyl (C=O) groups excluding carboxylic acids is 1. The highest BCUT2D eigenvalue weighted by Crippen LogP contribution is 2.23. The maximum atomic E-state index is 12.5. The highest BCUT2D eigenvalue weighted by molar-refractivity contribution is 7.99. The molecule has 0 spiro atoms. The maximum absolute atomic E-state index is 12.5. The maximum Gasteiger partial charge on any atom is 0.214 e. The molecule has 5 nitrogen and oxygen atoms in total. The van der Waals surface area contributed by atoms with E-state index in [1.165, 1.54) is 0 Å². The van der Waals surface area contributed by atoms with Crippen LogP contribution in [0, 0.1) is 0 Å². The van der Waals surface area contributed by atoms with Gasteiger partial charge in [0, 0.05) is 18.1 Å². The zero-order valence-electron chi connectivity index (χ0n) is 10.7. The third-order valence-corrected chi connectivity index (χ3v) is 3.80. The molecule has 0 amide bonds. The largest absolute Gasteiger partial charge is 0.493 e. The number of rotatable bonds is 5. The number of hydrogen-bond donors (Lipinski definition) is 0. The third-order valence-electron chi connectivity index (χ3n) is 2.80. The number of thioether (sulfide) groups is 1.